The summed E-state index contributed by atoms with van der Waals surface area (Å²) in [6, 6.07) is 28.7. The van der Waals surface area contributed by atoms with Crippen LogP contribution in [0.1, 0.15) is 66.1 Å². The fourth-order valence-electron chi connectivity index (χ4n) is 5.90. The topological polar surface area (TPSA) is 47.6 Å². The summed E-state index contributed by atoms with van der Waals surface area (Å²) in [5.74, 6) is -2.00. The second-order valence-corrected chi connectivity index (χ2v) is 16.7. The lowest BCUT2D eigenvalue weighted by Gasteiger charge is -2.46. The minimum atomic E-state index is -5.00. The van der Waals surface area contributed by atoms with Gasteiger partial charge in [0.25, 0.3) is 8.32 Å². The lowest BCUT2D eigenvalue weighted by Crippen LogP contribution is -2.67. The molecule has 0 saturated carbocycles. The molecular formula is C35H44F3NO3Si. The highest BCUT2D eigenvalue weighted by Gasteiger charge is 2.51. The lowest BCUT2D eigenvalue weighted by atomic mass is 9.93. The summed E-state index contributed by atoms with van der Waals surface area (Å²) >= 11 is 0. The molecule has 0 spiro atoms. The Morgan fingerprint density at radius 2 is 1.33 bits per heavy atom. The lowest BCUT2D eigenvalue weighted by molar-refractivity contribution is -0.176. The first-order valence-corrected chi connectivity index (χ1v) is 16.5. The van der Waals surface area contributed by atoms with Crippen molar-refractivity contribution in [3.05, 3.63) is 109 Å². The highest BCUT2D eigenvalue weighted by molar-refractivity contribution is 6.99. The Kier molecular flexibility index (Phi) is 11.2. The number of ether oxygens (including phenoxy) is 1. The summed E-state index contributed by atoms with van der Waals surface area (Å²) in [6.45, 7) is 16.0. The molecule has 1 amide bonds. The Morgan fingerprint density at radius 1 is 0.860 bits per heavy atom. The van der Waals surface area contributed by atoms with Gasteiger partial charge in [-0.2, -0.15) is 13.2 Å². The van der Waals surface area contributed by atoms with Crippen LogP contribution in [0.4, 0.5) is 13.2 Å². The number of alkyl halides is 3. The number of halogens is 3. The van der Waals surface area contributed by atoms with Crippen molar-refractivity contribution in [2.45, 2.75) is 89.4 Å². The molecule has 3 aromatic carbocycles. The number of nitrogens with one attached hydrogen (secondary N) is 1. The van der Waals surface area contributed by atoms with Crippen molar-refractivity contribution in [2.24, 2.45) is 0 Å². The van der Waals surface area contributed by atoms with E-state index in [0.29, 0.717) is 18.4 Å². The van der Waals surface area contributed by atoms with Gasteiger partial charge in [0.15, 0.2) is 0 Å². The highest BCUT2D eigenvalue weighted by atomic mass is 28.4. The molecule has 0 saturated heterocycles. The van der Waals surface area contributed by atoms with Crippen LogP contribution in [0.15, 0.2) is 104 Å². The van der Waals surface area contributed by atoms with Crippen LogP contribution < -0.4 is 15.7 Å². The molecule has 0 aliphatic heterocycles. The van der Waals surface area contributed by atoms with E-state index >= 15 is 0 Å². The fourth-order valence-corrected chi connectivity index (χ4v) is 10.6. The Labute approximate surface area is 255 Å². The average Bonchev–Trinajstić information content (AvgIpc) is 2.95. The number of hydrogen-bond acceptors (Lipinski definition) is 3. The molecule has 0 aliphatic carbocycles. The van der Waals surface area contributed by atoms with Crippen LogP contribution >= 0.6 is 0 Å². The van der Waals surface area contributed by atoms with Gasteiger partial charge >= 0.3 is 12.1 Å². The molecule has 4 nitrogen and oxygen atoms in total. The van der Waals surface area contributed by atoms with E-state index in [-0.39, 0.29) is 11.1 Å². The normalized spacial score (nSPS) is 16.0. The van der Waals surface area contributed by atoms with Crippen molar-refractivity contribution >= 4 is 24.6 Å². The molecule has 1 N–H and O–H groups in total. The summed E-state index contributed by atoms with van der Waals surface area (Å²) in [7, 11) is -2.87. The number of carbonyl (C=O) groups excluding carboxylic acids is 1. The SMILES string of the molecule is C=CC[C@](C)(C[C@H](C)O[Si](c1ccccc1)(c1ccccc1)C(C)(C)C)O[C@H](c1ccccc1)[C@@H](C)NC(=O)C(F)(F)F. The molecule has 0 aromatic heterocycles. The van der Waals surface area contributed by atoms with E-state index in [0.717, 1.165) is 10.4 Å². The van der Waals surface area contributed by atoms with Crippen molar-refractivity contribution in [3.8, 4) is 0 Å². The molecule has 0 aliphatic rings. The molecule has 0 unspecified atom stereocenters. The third-order valence-electron chi connectivity index (χ3n) is 7.70. The maximum Gasteiger partial charge on any atom is 0.471 e. The van der Waals surface area contributed by atoms with Gasteiger partial charge in [0, 0.05) is 12.5 Å². The predicted molar refractivity (Wildman–Crippen MR) is 170 cm³/mol. The van der Waals surface area contributed by atoms with E-state index < -0.39 is 38.1 Å². The zero-order valence-electron chi connectivity index (χ0n) is 25.9. The maximum absolute atomic E-state index is 13.2. The molecule has 0 heterocycles. The summed E-state index contributed by atoms with van der Waals surface area (Å²) in [5.41, 5.74) is -0.210. The van der Waals surface area contributed by atoms with Crippen LogP contribution in [0.3, 0.4) is 0 Å². The van der Waals surface area contributed by atoms with Crippen LogP contribution in [0.5, 0.6) is 0 Å². The smallest absolute Gasteiger partial charge is 0.405 e. The van der Waals surface area contributed by atoms with E-state index in [1.54, 1.807) is 30.3 Å². The van der Waals surface area contributed by atoms with Crippen LogP contribution in [-0.2, 0) is 14.0 Å². The minimum Gasteiger partial charge on any atom is -0.405 e. The Bertz CT molecular complexity index is 1270. The van der Waals surface area contributed by atoms with Gasteiger partial charge in [-0.15, -0.1) is 6.58 Å². The van der Waals surface area contributed by atoms with Crippen molar-refractivity contribution in [2.75, 3.05) is 0 Å². The van der Waals surface area contributed by atoms with E-state index in [9.17, 15) is 18.0 Å². The molecule has 232 valence electrons. The molecule has 8 heteroatoms. The number of hydrogen-bond donors (Lipinski definition) is 1. The van der Waals surface area contributed by atoms with Crippen LogP contribution in [0.2, 0.25) is 5.04 Å². The molecule has 4 atom stereocenters. The largest absolute Gasteiger partial charge is 0.471 e. The van der Waals surface area contributed by atoms with Gasteiger partial charge in [-0.3, -0.25) is 4.79 Å². The first-order chi connectivity index (χ1) is 20.1. The van der Waals surface area contributed by atoms with Crippen LogP contribution in [-0.4, -0.2) is 38.1 Å². The fraction of sp³-hybridized carbons (Fsp3) is 0.400. The Balaban J connectivity index is 2.00. The molecule has 0 bridgehead atoms. The first kappa shape index (κ1) is 34.3. The van der Waals surface area contributed by atoms with E-state index in [1.807, 2.05) is 56.3 Å². The summed E-state index contributed by atoms with van der Waals surface area (Å²) in [4.78, 5) is 11.9. The average molecular weight is 612 g/mol. The molecule has 3 rings (SSSR count). The van der Waals surface area contributed by atoms with Gasteiger partial charge in [-0.05, 0) is 48.2 Å². The third kappa shape index (κ3) is 8.46. The predicted octanol–water partition coefficient (Wildman–Crippen LogP) is 7.50. The van der Waals surface area contributed by atoms with Crippen LogP contribution in [0.25, 0.3) is 0 Å². The summed E-state index contributed by atoms with van der Waals surface area (Å²) in [5, 5.41) is 4.17. The molecule has 3 aromatic rings. The summed E-state index contributed by atoms with van der Waals surface area (Å²) < 4.78 is 53.5. The molecular weight excluding hydrogens is 567 g/mol. The van der Waals surface area contributed by atoms with Crippen molar-refractivity contribution < 1.29 is 27.1 Å². The summed E-state index contributed by atoms with van der Waals surface area (Å²) in [6.07, 6.45) is -3.54. The van der Waals surface area contributed by atoms with E-state index in [2.05, 4.69) is 56.9 Å². The molecule has 0 fully saturated rings. The number of amides is 1. The van der Waals surface area contributed by atoms with Gasteiger partial charge in [-0.1, -0.05) is 118 Å². The minimum absolute atomic E-state index is 0.234. The Morgan fingerprint density at radius 3 is 1.74 bits per heavy atom. The second kappa shape index (κ2) is 14.1. The van der Waals surface area contributed by atoms with Crippen molar-refractivity contribution in [1.29, 1.82) is 0 Å². The standard InChI is InChI=1S/C35H44F3NO3Si/c1-8-24-34(7,41-31(28-18-12-9-13-19-28)27(3)39-32(40)35(36,37)38)25-26(2)42-43(33(4,5)6,29-20-14-10-15-21-29)30-22-16-11-17-23-30/h8-23,26-27,31H,1,24-25H2,2-7H3,(H,39,40)/t26-,27+,31-,34+/m0/s1. The number of carbonyl (C=O) groups is 1. The zero-order chi connectivity index (χ0) is 31.9. The monoisotopic (exact) mass is 611 g/mol. The Hall–Kier alpha value is -3.20. The van der Waals surface area contributed by atoms with Gasteiger partial charge < -0.3 is 14.5 Å². The first-order valence-electron chi connectivity index (χ1n) is 14.6. The van der Waals surface area contributed by atoms with Gasteiger partial charge in [0.05, 0.1) is 11.6 Å². The molecule has 0 radical (unpaired) electrons. The van der Waals surface area contributed by atoms with Crippen LogP contribution in [0, 0.1) is 0 Å². The number of benzene rings is 3. The quantitative estimate of drug-likeness (QED) is 0.161. The van der Waals surface area contributed by atoms with Crippen molar-refractivity contribution in [1.82, 2.24) is 5.32 Å². The third-order valence-corrected chi connectivity index (χ3v) is 12.9. The maximum atomic E-state index is 13.2. The van der Waals surface area contributed by atoms with E-state index in [1.165, 1.54) is 6.92 Å². The highest BCUT2D eigenvalue weighted by Crippen LogP contribution is 2.40. The van der Waals surface area contributed by atoms with E-state index in [4.69, 9.17) is 9.16 Å². The molecule has 43 heavy (non-hydrogen) atoms. The van der Waals surface area contributed by atoms with Crippen molar-refractivity contribution in [3.63, 3.8) is 0 Å². The van der Waals surface area contributed by atoms with Gasteiger partial charge in [0.1, 0.15) is 6.10 Å². The van der Waals surface area contributed by atoms with Gasteiger partial charge in [0.2, 0.25) is 0 Å². The zero-order valence-corrected chi connectivity index (χ0v) is 26.9. The number of rotatable bonds is 13. The second-order valence-electron chi connectivity index (χ2n) is 12.4. The van der Waals surface area contributed by atoms with Gasteiger partial charge in [-0.25, -0.2) is 0 Å².